The largest absolute Gasteiger partial charge is 0.469 e. The van der Waals surface area contributed by atoms with E-state index in [1.807, 2.05) is 7.05 Å². The van der Waals surface area contributed by atoms with Crippen LogP contribution in [-0.2, 0) is 27.6 Å². The summed E-state index contributed by atoms with van der Waals surface area (Å²) in [5.74, 6) is 2.02. The smallest absolute Gasteiger partial charge is 0.308 e. The second-order valence-electron chi connectivity index (χ2n) is 10.6. The first-order valence-corrected chi connectivity index (χ1v) is 14.4. The van der Waals surface area contributed by atoms with Crippen molar-refractivity contribution in [3.05, 3.63) is 72.3 Å². The van der Waals surface area contributed by atoms with Gasteiger partial charge in [-0.15, -0.1) is 10.2 Å². The molecule has 1 heterocycles. The van der Waals surface area contributed by atoms with Crippen molar-refractivity contribution in [2.75, 3.05) is 7.11 Å². The van der Waals surface area contributed by atoms with E-state index < -0.39 is 8.32 Å². The molecule has 0 amide bonds. The van der Waals surface area contributed by atoms with Crippen molar-refractivity contribution in [1.29, 1.82) is 0 Å². The van der Waals surface area contributed by atoms with Crippen LogP contribution in [0.25, 0.3) is 0 Å². The fourth-order valence-corrected chi connectivity index (χ4v) is 10.0. The summed E-state index contributed by atoms with van der Waals surface area (Å²) in [4.78, 5) is 11.9. The van der Waals surface area contributed by atoms with Gasteiger partial charge in [0.15, 0.2) is 5.82 Å². The molecule has 35 heavy (non-hydrogen) atoms. The molecule has 1 aliphatic rings. The second-order valence-corrected chi connectivity index (χ2v) is 14.9. The summed E-state index contributed by atoms with van der Waals surface area (Å²) >= 11 is 0. The summed E-state index contributed by atoms with van der Waals surface area (Å²) in [5.41, 5.74) is 0. The van der Waals surface area contributed by atoms with E-state index in [1.165, 1.54) is 17.5 Å². The lowest BCUT2D eigenvalue weighted by Gasteiger charge is -2.42. The van der Waals surface area contributed by atoms with Gasteiger partial charge in [0, 0.05) is 13.0 Å². The van der Waals surface area contributed by atoms with Crippen LogP contribution in [0.1, 0.15) is 64.0 Å². The van der Waals surface area contributed by atoms with Crippen molar-refractivity contribution in [1.82, 2.24) is 14.8 Å². The molecule has 1 fully saturated rings. The van der Waals surface area contributed by atoms with Crippen molar-refractivity contribution >= 4 is 24.7 Å². The van der Waals surface area contributed by atoms with E-state index in [-0.39, 0.29) is 16.9 Å². The summed E-state index contributed by atoms with van der Waals surface area (Å²) in [5, 5.41) is 11.5. The van der Waals surface area contributed by atoms with Crippen LogP contribution in [0.4, 0.5) is 0 Å². The first kappa shape index (κ1) is 25.3. The minimum atomic E-state index is -2.64. The molecule has 0 saturated heterocycles. The average Bonchev–Trinajstić information content (AvgIpc) is 3.24. The minimum absolute atomic E-state index is 0.00225. The maximum Gasteiger partial charge on any atom is 0.308 e. The molecule has 1 saturated carbocycles. The molecule has 1 aromatic heterocycles. The van der Waals surface area contributed by atoms with Gasteiger partial charge < -0.3 is 13.7 Å². The number of rotatable bonds is 7. The van der Waals surface area contributed by atoms with Gasteiger partial charge >= 0.3 is 5.97 Å². The Bertz CT molecular complexity index is 1080. The number of carbonyl (C=O) groups is 1. The molecule has 7 heteroatoms. The van der Waals surface area contributed by atoms with Gasteiger partial charge in [-0.1, -0.05) is 81.4 Å². The van der Waals surface area contributed by atoms with Crippen molar-refractivity contribution in [2.45, 2.75) is 64.0 Å². The third-order valence-corrected chi connectivity index (χ3v) is 12.4. The van der Waals surface area contributed by atoms with Crippen LogP contribution in [0.2, 0.25) is 5.04 Å². The van der Waals surface area contributed by atoms with Gasteiger partial charge in [-0.05, 0) is 41.1 Å². The first-order valence-electron chi connectivity index (χ1n) is 12.5. The number of benzene rings is 2. The standard InChI is InChI=1S/C28H37N3O3Si/c1-28(2,3)35(23-12-8-6-9-13-23,24-14-10-7-11-15-24)34-20-25-29-30-26(31(25)4)21-16-18-22(19-17-21)27(32)33-5/h6-15,21-22H,16-20H2,1-5H3. The number of ether oxygens (including phenoxy) is 1. The zero-order valence-corrected chi connectivity index (χ0v) is 22.5. The lowest BCUT2D eigenvalue weighted by Crippen LogP contribution is -2.66. The number of nitrogens with zero attached hydrogens (tertiary/aromatic N) is 3. The predicted octanol–water partition coefficient (Wildman–Crippen LogP) is 4.34. The Morgan fingerprint density at radius 2 is 1.49 bits per heavy atom. The Labute approximate surface area is 209 Å². The fraction of sp³-hybridized carbons (Fsp3) is 0.464. The summed E-state index contributed by atoms with van der Waals surface area (Å²) in [6, 6.07) is 21.3. The van der Waals surface area contributed by atoms with Gasteiger partial charge in [0.2, 0.25) is 0 Å². The van der Waals surface area contributed by atoms with E-state index in [0.717, 1.165) is 37.3 Å². The molecule has 0 bridgehead atoms. The molecule has 0 radical (unpaired) electrons. The number of methoxy groups -OCH3 is 1. The Morgan fingerprint density at radius 3 is 1.97 bits per heavy atom. The van der Waals surface area contributed by atoms with E-state index in [9.17, 15) is 4.79 Å². The lowest BCUT2D eigenvalue weighted by atomic mass is 9.81. The minimum Gasteiger partial charge on any atom is -0.469 e. The van der Waals surface area contributed by atoms with Gasteiger partial charge in [0.1, 0.15) is 5.82 Å². The van der Waals surface area contributed by atoms with Crippen molar-refractivity contribution in [2.24, 2.45) is 13.0 Å². The molecule has 0 N–H and O–H groups in total. The van der Waals surface area contributed by atoms with Crippen molar-refractivity contribution in [3.8, 4) is 0 Å². The van der Waals surface area contributed by atoms with E-state index in [1.54, 1.807) is 0 Å². The number of carbonyl (C=O) groups excluding carboxylic acids is 1. The fourth-order valence-electron chi connectivity index (χ4n) is 5.54. The monoisotopic (exact) mass is 491 g/mol. The van der Waals surface area contributed by atoms with Crippen LogP contribution in [0.15, 0.2) is 60.7 Å². The molecular formula is C28H37N3O3Si. The van der Waals surface area contributed by atoms with Crippen LogP contribution < -0.4 is 10.4 Å². The van der Waals surface area contributed by atoms with E-state index in [2.05, 4.69) is 96.2 Å². The average molecular weight is 492 g/mol. The zero-order valence-electron chi connectivity index (χ0n) is 21.5. The van der Waals surface area contributed by atoms with E-state index in [0.29, 0.717) is 12.5 Å². The summed E-state index contributed by atoms with van der Waals surface area (Å²) in [7, 11) is 0.857. The lowest BCUT2D eigenvalue weighted by molar-refractivity contribution is -0.146. The van der Waals surface area contributed by atoms with E-state index >= 15 is 0 Å². The molecule has 6 nitrogen and oxygen atoms in total. The summed E-state index contributed by atoms with van der Waals surface area (Å²) in [6.07, 6.45) is 3.50. The maximum absolute atomic E-state index is 11.9. The normalized spacial score (nSPS) is 18.9. The van der Waals surface area contributed by atoms with Crippen LogP contribution >= 0.6 is 0 Å². The highest BCUT2D eigenvalue weighted by Crippen LogP contribution is 2.38. The highest BCUT2D eigenvalue weighted by molar-refractivity contribution is 6.99. The number of esters is 1. The number of hydrogen-bond acceptors (Lipinski definition) is 5. The molecule has 1 aliphatic carbocycles. The molecule has 4 rings (SSSR count). The molecule has 3 aromatic rings. The van der Waals surface area contributed by atoms with Crippen molar-refractivity contribution < 1.29 is 14.0 Å². The third-order valence-electron chi connectivity index (χ3n) is 7.46. The SMILES string of the molecule is COC(=O)C1CCC(c2nnc(CO[Si](c3ccccc3)(c3ccccc3)C(C)(C)C)n2C)CC1. The molecule has 0 spiro atoms. The highest BCUT2D eigenvalue weighted by Gasteiger charge is 2.50. The molecule has 0 aliphatic heterocycles. The molecule has 186 valence electrons. The first-order chi connectivity index (χ1) is 16.8. The van der Waals surface area contributed by atoms with E-state index in [4.69, 9.17) is 9.16 Å². The Hall–Kier alpha value is -2.77. The number of aromatic nitrogens is 3. The van der Waals surface area contributed by atoms with Crippen LogP contribution in [0, 0.1) is 5.92 Å². The highest BCUT2D eigenvalue weighted by atomic mass is 28.4. The molecule has 0 atom stereocenters. The molecule has 0 unspecified atom stereocenters. The topological polar surface area (TPSA) is 66.2 Å². The summed E-state index contributed by atoms with van der Waals surface area (Å²) in [6.45, 7) is 7.23. The van der Waals surface area contributed by atoms with Gasteiger partial charge in [-0.25, -0.2) is 0 Å². The Morgan fingerprint density at radius 1 is 0.943 bits per heavy atom. The van der Waals surface area contributed by atoms with Gasteiger partial charge in [-0.3, -0.25) is 4.79 Å². The van der Waals surface area contributed by atoms with Crippen molar-refractivity contribution in [3.63, 3.8) is 0 Å². The maximum atomic E-state index is 11.9. The Kier molecular flexibility index (Phi) is 7.57. The quantitative estimate of drug-likeness (QED) is 0.363. The molecule has 2 aromatic carbocycles. The zero-order chi connectivity index (χ0) is 25.1. The van der Waals surface area contributed by atoms with Gasteiger partial charge in [0.05, 0.1) is 19.6 Å². The van der Waals surface area contributed by atoms with Gasteiger partial charge in [-0.2, -0.15) is 0 Å². The van der Waals surface area contributed by atoms with Crippen LogP contribution in [-0.4, -0.2) is 36.2 Å². The predicted molar refractivity (Wildman–Crippen MR) is 140 cm³/mol. The molecular weight excluding hydrogens is 454 g/mol. The van der Waals surface area contributed by atoms with Gasteiger partial charge in [0.25, 0.3) is 8.32 Å². The van der Waals surface area contributed by atoms with Crippen LogP contribution in [0.5, 0.6) is 0 Å². The Balaban J connectivity index is 1.60. The second kappa shape index (κ2) is 10.5. The number of hydrogen-bond donors (Lipinski definition) is 0. The third kappa shape index (κ3) is 4.97. The summed E-state index contributed by atoms with van der Waals surface area (Å²) < 4.78 is 14.1. The van der Waals surface area contributed by atoms with Crippen LogP contribution in [0.3, 0.4) is 0 Å².